The second kappa shape index (κ2) is 7.42. The molecule has 0 saturated carbocycles. The van der Waals surface area contributed by atoms with Crippen molar-refractivity contribution in [2.45, 2.75) is 19.5 Å². The minimum atomic E-state index is -0.458. The Balaban J connectivity index is 1.66. The van der Waals surface area contributed by atoms with Gasteiger partial charge in [-0.3, -0.25) is 10.1 Å². The summed E-state index contributed by atoms with van der Waals surface area (Å²) in [5, 5.41) is 18.7. The van der Waals surface area contributed by atoms with Crippen molar-refractivity contribution in [2.24, 2.45) is 0 Å². The number of nitrogens with zero attached hydrogens (tertiary/aromatic N) is 3. The van der Waals surface area contributed by atoms with Crippen LogP contribution in [0.3, 0.4) is 0 Å². The maximum atomic E-state index is 10.8. The number of hydrogen-bond acceptors (Lipinski definition) is 6. The number of nitrogens with one attached hydrogen (secondary N) is 1. The van der Waals surface area contributed by atoms with Gasteiger partial charge >= 0.3 is 0 Å². The monoisotopic (exact) mass is 358 g/mol. The van der Waals surface area contributed by atoms with Crippen LogP contribution in [0.15, 0.2) is 53.1 Å². The van der Waals surface area contributed by atoms with Crippen LogP contribution in [0.4, 0.5) is 5.69 Å². The lowest BCUT2D eigenvalue weighted by molar-refractivity contribution is -0.384. The number of aromatic nitrogens is 2. The molecule has 3 aromatic rings. The Morgan fingerprint density at radius 1 is 1.28 bits per heavy atom. The van der Waals surface area contributed by atoms with Gasteiger partial charge in [0.2, 0.25) is 11.7 Å². The summed E-state index contributed by atoms with van der Waals surface area (Å²) in [6.07, 6.45) is 0. The van der Waals surface area contributed by atoms with Crippen molar-refractivity contribution in [1.29, 1.82) is 0 Å². The van der Waals surface area contributed by atoms with E-state index in [4.69, 9.17) is 16.1 Å². The number of rotatable bonds is 6. The third-order valence-corrected chi connectivity index (χ3v) is 3.96. The minimum Gasteiger partial charge on any atom is -0.338 e. The molecule has 1 N–H and O–H groups in total. The lowest BCUT2D eigenvalue weighted by Gasteiger charge is -2.12. The molecule has 1 heterocycles. The first-order chi connectivity index (χ1) is 12.0. The number of halogens is 1. The first kappa shape index (κ1) is 17.1. The van der Waals surface area contributed by atoms with E-state index >= 15 is 0 Å². The maximum Gasteiger partial charge on any atom is 0.270 e. The molecule has 0 fully saturated rings. The number of hydrogen-bond donors (Lipinski definition) is 1. The third kappa shape index (κ3) is 4.20. The van der Waals surface area contributed by atoms with Gasteiger partial charge in [-0.15, -0.1) is 0 Å². The van der Waals surface area contributed by atoms with E-state index in [0.29, 0.717) is 28.8 Å². The summed E-state index contributed by atoms with van der Waals surface area (Å²) in [4.78, 5) is 14.7. The molecule has 0 aliphatic rings. The molecule has 1 unspecified atom stereocenters. The fourth-order valence-electron chi connectivity index (χ4n) is 2.31. The van der Waals surface area contributed by atoms with Gasteiger partial charge in [-0.25, -0.2) is 0 Å². The van der Waals surface area contributed by atoms with Crippen molar-refractivity contribution in [3.63, 3.8) is 0 Å². The van der Waals surface area contributed by atoms with Crippen molar-refractivity contribution >= 4 is 17.3 Å². The molecular weight excluding hydrogens is 344 g/mol. The van der Waals surface area contributed by atoms with Gasteiger partial charge in [0.25, 0.3) is 5.69 Å². The second-order valence-corrected chi connectivity index (χ2v) is 5.91. The summed E-state index contributed by atoms with van der Waals surface area (Å²) < 4.78 is 5.21. The molecule has 3 rings (SSSR count). The molecule has 25 heavy (non-hydrogen) atoms. The highest BCUT2D eigenvalue weighted by Gasteiger charge is 2.13. The van der Waals surface area contributed by atoms with Gasteiger partial charge in [-0.05, 0) is 24.6 Å². The second-order valence-electron chi connectivity index (χ2n) is 5.47. The summed E-state index contributed by atoms with van der Waals surface area (Å²) >= 11 is 5.89. The molecule has 2 aromatic carbocycles. The molecule has 0 spiro atoms. The summed E-state index contributed by atoms with van der Waals surface area (Å²) in [7, 11) is 0. The Morgan fingerprint density at radius 3 is 2.76 bits per heavy atom. The molecule has 1 aromatic heterocycles. The Kier molecular flexibility index (Phi) is 5.06. The first-order valence-electron chi connectivity index (χ1n) is 7.59. The molecule has 128 valence electrons. The van der Waals surface area contributed by atoms with Gasteiger partial charge in [0, 0.05) is 28.8 Å². The lowest BCUT2D eigenvalue weighted by Crippen LogP contribution is -2.18. The highest BCUT2D eigenvalue weighted by Crippen LogP contribution is 2.22. The van der Waals surface area contributed by atoms with Crippen LogP contribution in [-0.2, 0) is 6.54 Å². The predicted molar refractivity (Wildman–Crippen MR) is 93.1 cm³/mol. The average molecular weight is 359 g/mol. The smallest absolute Gasteiger partial charge is 0.270 e. The van der Waals surface area contributed by atoms with Crippen LogP contribution in [0.25, 0.3) is 11.4 Å². The van der Waals surface area contributed by atoms with Crippen molar-refractivity contribution in [3.05, 3.63) is 75.1 Å². The van der Waals surface area contributed by atoms with E-state index in [9.17, 15) is 10.1 Å². The van der Waals surface area contributed by atoms with Crippen LogP contribution >= 0.6 is 11.6 Å². The van der Waals surface area contributed by atoms with Crippen LogP contribution in [0.1, 0.15) is 24.4 Å². The molecule has 8 heteroatoms. The van der Waals surface area contributed by atoms with Crippen molar-refractivity contribution < 1.29 is 9.45 Å². The summed E-state index contributed by atoms with van der Waals surface area (Å²) in [6.45, 7) is 2.40. The molecule has 0 bridgehead atoms. The highest BCUT2D eigenvalue weighted by atomic mass is 35.5. The van der Waals surface area contributed by atoms with Crippen LogP contribution in [0.5, 0.6) is 0 Å². The van der Waals surface area contributed by atoms with Gasteiger partial charge in [0.1, 0.15) is 0 Å². The standard InChI is InChI=1S/C17H15ClN4O3/c1-11(12-5-7-14(18)8-6-12)19-10-16-20-17(21-25-16)13-3-2-4-15(9-13)22(23)24/h2-9,11,19H,10H2,1H3. The highest BCUT2D eigenvalue weighted by molar-refractivity contribution is 6.30. The Bertz CT molecular complexity index is 880. The van der Waals surface area contributed by atoms with E-state index in [1.807, 2.05) is 31.2 Å². The van der Waals surface area contributed by atoms with Gasteiger partial charge in [-0.1, -0.05) is 41.0 Å². The fourth-order valence-corrected chi connectivity index (χ4v) is 2.44. The summed E-state index contributed by atoms with van der Waals surface area (Å²) in [5.41, 5.74) is 1.61. The molecular formula is C17H15ClN4O3. The number of non-ortho nitro benzene ring substituents is 1. The van der Waals surface area contributed by atoms with E-state index in [1.54, 1.807) is 12.1 Å². The van der Waals surface area contributed by atoms with Crippen molar-refractivity contribution in [3.8, 4) is 11.4 Å². The summed E-state index contributed by atoms with van der Waals surface area (Å²) in [6, 6.07) is 13.8. The molecule has 1 atom stereocenters. The van der Waals surface area contributed by atoms with E-state index in [2.05, 4.69) is 15.5 Å². The van der Waals surface area contributed by atoms with E-state index in [0.717, 1.165) is 5.56 Å². The van der Waals surface area contributed by atoms with Crippen molar-refractivity contribution in [2.75, 3.05) is 0 Å². The number of nitro benzene ring substituents is 1. The normalized spacial score (nSPS) is 12.1. The van der Waals surface area contributed by atoms with Crippen molar-refractivity contribution in [1.82, 2.24) is 15.5 Å². The van der Waals surface area contributed by atoms with Crippen LogP contribution in [0.2, 0.25) is 5.02 Å². The summed E-state index contributed by atoms with van der Waals surface area (Å²) in [5.74, 6) is 0.724. The third-order valence-electron chi connectivity index (χ3n) is 3.71. The quantitative estimate of drug-likeness (QED) is 0.525. The molecule has 0 radical (unpaired) electrons. The first-order valence-corrected chi connectivity index (χ1v) is 7.97. The van der Waals surface area contributed by atoms with Gasteiger partial charge in [0.15, 0.2) is 0 Å². The zero-order chi connectivity index (χ0) is 17.8. The van der Waals surface area contributed by atoms with Gasteiger partial charge < -0.3 is 9.84 Å². The van der Waals surface area contributed by atoms with Gasteiger partial charge in [-0.2, -0.15) is 4.98 Å². The lowest BCUT2D eigenvalue weighted by atomic mass is 10.1. The molecule has 0 saturated heterocycles. The SMILES string of the molecule is CC(NCc1nc(-c2cccc([N+](=O)[O-])c2)no1)c1ccc(Cl)cc1. The Hall–Kier alpha value is -2.77. The van der Waals surface area contributed by atoms with Crippen LogP contribution in [-0.4, -0.2) is 15.1 Å². The zero-order valence-corrected chi connectivity index (χ0v) is 14.1. The van der Waals surface area contributed by atoms with Gasteiger partial charge in [0.05, 0.1) is 11.5 Å². The predicted octanol–water partition coefficient (Wildman–Crippen LogP) is 4.15. The zero-order valence-electron chi connectivity index (χ0n) is 13.3. The molecule has 0 aliphatic heterocycles. The number of nitro groups is 1. The van der Waals surface area contributed by atoms with E-state index < -0.39 is 4.92 Å². The largest absolute Gasteiger partial charge is 0.338 e. The molecule has 0 aliphatic carbocycles. The Labute approximate surface area is 148 Å². The Morgan fingerprint density at radius 2 is 2.04 bits per heavy atom. The van der Waals surface area contributed by atoms with E-state index in [1.165, 1.54) is 12.1 Å². The molecule has 0 amide bonds. The van der Waals surface area contributed by atoms with Crippen LogP contribution < -0.4 is 5.32 Å². The van der Waals surface area contributed by atoms with Crippen LogP contribution in [0, 0.1) is 10.1 Å². The maximum absolute atomic E-state index is 10.8. The topological polar surface area (TPSA) is 94.1 Å². The minimum absolute atomic E-state index is 0.0154. The average Bonchev–Trinajstić information content (AvgIpc) is 3.09. The fraction of sp³-hybridized carbons (Fsp3) is 0.176. The molecule has 7 nitrogen and oxygen atoms in total. The number of benzene rings is 2. The van der Waals surface area contributed by atoms with E-state index in [-0.39, 0.29) is 11.7 Å².